The number of aromatic nitrogens is 1. The largest absolute Gasteiger partial charge is 0.328 e. The normalized spacial score (nSPS) is 23.8. The van der Waals surface area contributed by atoms with Gasteiger partial charge in [0, 0.05) is 30.1 Å². The molecule has 0 saturated carbocycles. The molecular weight excluding hydrogens is 230 g/mol. The molecule has 0 amide bonds. The van der Waals surface area contributed by atoms with Gasteiger partial charge in [0.1, 0.15) is 0 Å². The van der Waals surface area contributed by atoms with Crippen molar-refractivity contribution >= 4 is 11.3 Å². The number of nitrogens with two attached hydrogens (primary N) is 1. The maximum atomic E-state index is 5.81. The monoisotopic (exact) mass is 253 g/mol. The van der Waals surface area contributed by atoms with Crippen molar-refractivity contribution in [3.8, 4) is 0 Å². The van der Waals surface area contributed by atoms with Gasteiger partial charge < -0.3 is 10.6 Å². The van der Waals surface area contributed by atoms with Gasteiger partial charge in [-0.2, -0.15) is 0 Å². The summed E-state index contributed by atoms with van der Waals surface area (Å²) in [5.74, 6) is 0.794. The Bertz CT molecular complexity index is 348. The van der Waals surface area contributed by atoms with Gasteiger partial charge in [-0.15, -0.1) is 11.3 Å². The predicted octanol–water partition coefficient (Wildman–Crippen LogP) is 1.92. The fourth-order valence-corrected chi connectivity index (χ4v) is 3.72. The second-order valence-electron chi connectivity index (χ2n) is 5.38. The Morgan fingerprint density at radius 2 is 2.47 bits per heavy atom. The third-order valence-corrected chi connectivity index (χ3v) is 4.35. The predicted molar refractivity (Wildman–Crippen MR) is 73.4 cm³/mol. The zero-order chi connectivity index (χ0) is 12.3. The molecule has 1 saturated heterocycles. The van der Waals surface area contributed by atoms with Gasteiger partial charge in [-0.3, -0.25) is 0 Å². The highest BCUT2D eigenvalue weighted by Gasteiger charge is 2.18. The molecule has 1 aliphatic heterocycles. The van der Waals surface area contributed by atoms with Crippen molar-refractivity contribution in [3.63, 3.8) is 0 Å². The molecule has 0 aromatic carbocycles. The van der Waals surface area contributed by atoms with E-state index in [4.69, 9.17) is 5.73 Å². The van der Waals surface area contributed by atoms with Crippen LogP contribution in [0.15, 0.2) is 6.20 Å². The molecular formula is C13H23N3S. The van der Waals surface area contributed by atoms with Crippen molar-refractivity contribution < 1.29 is 0 Å². The lowest BCUT2D eigenvalue weighted by atomic mass is 9.95. The Labute approximate surface area is 108 Å². The van der Waals surface area contributed by atoms with Gasteiger partial charge in [-0.1, -0.05) is 0 Å². The fourth-order valence-electron chi connectivity index (χ4n) is 2.54. The molecule has 1 aromatic rings. The lowest BCUT2D eigenvalue weighted by molar-refractivity contribution is 0.209. The molecule has 1 aromatic heterocycles. The molecule has 4 heteroatoms. The van der Waals surface area contributed by atoms with Crippen LogP contribution < -0.4 is 5.73 Å². The first kappa shape index (κ1) is 13.0. The Kier molecular flexibility index (Phi) is 4.54. The van der Waals surface area contributed by atoms with E-state index in [0.717, 1.165) is 18.8 Å². The minimum atomic E-state index is 0.240. The van der Waals surface area contributed by atoms with E-state index in [2.05, 4.69) is 23.9 Å². The number of nitrogens with zero attached hydrogens (tertiary/aromatic N) is 2. The van der Waals surface area contributed by atoms with E-state index in [9.17, 15) is 0 Å². The lowest BCUT2D eigenvalue weighted by Crippen LogP contribution is -2.32. The van der Waals surface area contributed by atoms with Crippen LogP contribution in [0.25, 0.3) is 0 Å². The van der Waals surface area contributed by atoms with E-state index >= 15 is 0 Å². The first-order valence-corrected chi connectivity index (χ1v) is 7.33. The topological polar surface area (TPSA) is 42.1 Å². The zero-order valence-corrected chi connectivity index (χ0v) is 11.7. The molecule has 96 valence electrons. The third-order valence-electron chi connectivity index (χ3n) is 3.31. The second kappa shape index (κ2) is 5.94. The number of hydrogen-bond acceptors (Lipinski definition) is 4. The minimum absolute atomic E-state index is 0.240. The Hall–Kier alpha value is -0.450. The SMILES string of the molecule is CC(N)Cc1cnc(CC2CCCN(C)C2)s1. The van der Waals surface area contributed by atoms with E-state index in [1.165, 1.54) is 35.8 Å². The van der Waals surface area contributed by atoms with Crippen molar-refractivity contribution in [1.82, 2.24) is 9.88 Å². The highest BCUT2D eigenvalue weighted by atomic mass is 32.1. The summed E-state index contributed by atoms with van der Waals surface area (Å²) in [6.07, 6.45) is 6.80. The highest BCUT2D eigenvalue weighted by Crippen LogP contribution is 2.23. The van der Waals surface area contributed by atoms with Crippen molar-refractivity contribution in [3.05, 3.63) is 16.1 Å². The third kappa shape index (κ3) is 4.05. The average molecular weight is 253 g/mol. The summed E-state index contributed by atoms with van der Waals surface area (Å²) in [6, 6.07) is 0.240. The Morgan fingerprint density at radius 3 is 3.18 bits per heavy atom. The zero-order valence-electron chi connectivity index (χ0n) is 10.9. The van der Waals surface area contributed by atoms with E-state index in [-0.39, 0.29) is 6.04 Å². The first-order valence-electron chi connectivity index (χ1n) is 6.51. The summed E-state index contributed by atoms with van der Waals surface area (Å²) in [5, 5.41) is 1.29. The van der Waals surface area contributed by atoms with Crippen molar-refractivity contribution in [1.29, 1.82) is 0 Å². The van der Waals surface area contributed by atoms with Gasteiger partial charge in [0.15, 0.2) is 0 Å². The van der Waals surface area contributed by atoms with Crippen molar-refractivity contribution in [2.24, 2.45) is 11.7 Å². The number of rotatable bonds is 4. The van der Waals surface area contributed by atoms with E-state index in [1.54, 1.807) is 0 Å². The van der Waals surface area contributed by atoms with Gasteiger partial charge in [0.25, 0.3) is 0 Å². The molecule has 2 rings (SSSR count). The standard InChI is InChI=1S/C13H23N3S/c1-10(14)6-12-8-15-13(17-12)7-11-4-3-5-16(2)9-11/h8,10-11H,3-7,9,14H2,1-2H3. The summed E-state index contributed by atoms with van der Waals surface area (Å²) in [6.45, 7) is 4.53. The quantitative estimate of drug-likeness (QED) is 0.891. The van der Waals surface area contributed by atoms with Gasteiger partial charge in [0.2, 0.25) is 0 Å². The fraction of sp³-hybridized carbons (Fsp3) is 0.769. The molecule has 3 nitrogen and oxygen atoms in total. The molecule has 0 aliphatic carbocycles. The summed E-state index contributed by atoms with van der Waals surface area (Å²) < 4.78 is 0. The number of piperidine rings is 1. The molecule has 2 atom stereocenters. The van der Waals surface area contributed by atoms with E-state index in [0.29, 0.717) is 0 Å². The average Bonchev–Trinajstić information content (AvgIpc) is 2.64. The van der Waals surface area contributed by atoms with Crippen LogP contribution in [0, 0.1) is 5.92 Å². The van der Waals surface area contributed by atoms with E-state index in [1.807, 2.05) is 17.5 Å². The number of hydrogen-bond donors (Lipinski definition) is 1. The van der Waals surface area contributed by atoms with Crippen LogP contribution in [0.5, 0.6) is 0 Å². The van der Waals surface area contributed by atoms with Gasteiger partial charge in [-0.05, 0) is 45.7 Å². The molecule has 1 fully saturated rings. The molecule has 1 aliphatic rings. The van der Waals surface area contributed by atoms with Crippen LogP contribution >= 0.6 is 11.3 Å². The smallest absolute Gasteiger partial charge is 0.0930 e. The minimum Gasteiger partial charge on any atom is -0.328 e. The van der Waals surface area contributed by atoms with Crippen LogP contribution in [0.4, 0.5) is 0 Å². The lowest BCUT2D eigenvalue weighted by Gasteiger charge is -2.29. The Balaban J connectivity index is 1.87. The van der Waals surface area contributed by atoms with Crippen LogP contribution in [-0.4, -0.2) is 36.1 Å². The van der Waals surface area contributed by atoms with Crippen LogP contribution in [0.3, 0.4) is 0 Å². The van der Waals surface area contributed by atoms with Gasteiger partial charge in [-0.25, -0.2) is 4.98 Å². The number of thiazole rings is 1. The van der Waals surface area contributed by atoms with Crippen molar-refractivity contribution in [2.45, 2.75) is 38.6 Å². The van der Waals surface area contributed by atoms with Crippen molar-refractivity contribution in [2.75, 3.05) is 20.1 Å². The Morgan fingerprint density at radius 1 is 1.65 bits per heavy atom. The van der Waals surface area contributed by atoms with E-state index < -0.39 is 0 Å². The molecule has 17 heavy (non-hydrogen) atoms. The second-order valence-corrected chi connectivity index (χ2v) is 6.58. The summed E-state index contributed by atoms with van der Waals surface area (Å²) in [7, 11) is 2.22. The maximum absolute atomic E-state index is 5.81. The first-order chi connectivity index (χ1) is 8.13. The molecule has 2 unspecified atom stereocenters. The molecule has 0 spiro atoms. The number of likely N-dealkylation sites (tertiary alicyclic amines) is 1. The highest BCUT2D eigenvalue weighted by molar-refractivity contribution is 7.11. The molecule has 2 N–H and O–H groups in total. The van der Waals surface area contributed by atoms with Gasteiger partial charge >= 0.3 is 0 Å². The maximum Gasteiger partial charge on any atom is 0.0930 e. The summed E-state index contributed by atoms with van der Waals surface area (Å²) in [5.41, 5.74) is 5.81. The van der Waals surface area contributed by atoms with Crippen LogP contribution in [0.2, 0.25) is 0 Å². The van der Waals surface area contributed by atoms with Crippen LogP contribution in [0.1, 0.15) is 29.7 Å². The molecule has 0 bridgehead atoms. The molecule has 0 radical (unpaired) electrons. The summed E-state index contributed by atoms with van der Waals surface area (Å²) in [4.78, 5) is 8.30. The van der Waals surface area contributed by atoms with Gasteiger partial charge in [0.05, 0.1) is 5.01 Å². The summed E-state index contributed by atoms with van der Waals surface area (Å²) >= 11 is 1.85. The van der Waals surface area contributed by atoms with Crippen LogP contribution in [-0.2, 0) is 12.8 Å². The molecule has 2 heterocycles.